The van der Waals surface area contributed by atoms with E-state index < -0.39 is 6.04 Å². The molecule has 0 saturated carbocycles. The van der Waals surface area contributed by atoms with E-state index in [9.17, 15) is 9.59 Å². The van der Waals surface area contributed by atoms with Crippen molar-refractivity contribution in [3.8, 4) is 0 Å². The highest BCUT2D eigenvalue weighted by Gasteiger charge is 2.35. The zero-order valence-electron chi connectivity index (χ0n) is 16.1. The summed E-state index contributed by atoms with van der Waals surface area (Å²) >= 11 is 0. The van der Waals surface area contributed by atoms with Gasteiger partial charge in [-0.05, 0) is 24.3 Å². The minimum atomic E-state index is -0.517. The topological polar surface area (TPSA) is 74.3 Å². The predicted octanol–water partition coefficient (Wildman–Crippen LogP) is 2.66. The maximum Gasteiger partial charge on any atom is 0.273 e. The molecule has 6 nitrogen and oxygen atoms in total. The fourth-order valence-corrected chi connectivity index (χ4v) is 2.55. The first-order chi connectivity index (χ1) is 11.6. The molecule has 25 heavy (non-hydrogen) atoms. The number of amides is 2. The normalized spacial score (nSPS) is 15.3. The van der Waals surface area contributed by atoms with Crippen LogP contribution < -0.4 is 10.6 Å². The van der Waals surface area contributed by atoms with Crippen LogP contribution in [0, 0.1) is 11.3 Å². The summed E-state index contributed by atoms with van der Waals surface area (Å²) in [5.41, 5.74) is 1.33. The van der Waals surface area contributed by atoms with E-state index in [1.165, 1.54) is 0 Å². The maximum atomic E-state index is 12.7. The molecule has 0 unspecified atom stereocenters. The molecule has 0 aliphatic carbocycles. The van der Waals surface area contributed by atoms with E-state index >= 15 is 0 Å². The number of fused-ring (bicyclic) bond motifs is 1. The largest absolute Gasteiger partial charge is 0.370 e. The zero-order valence-corrected chi connectivity index (χ0v) is 16.1. The number of anilines is 1. The third-order valence-electron chi connectivity index (χ3n) is 4.11. The van der Waals surface area contributed by atoms with E-state index in [1.54, 1.807) is 11.8 Å². The molecule has 1 aromatic rings. The highest BCUT2D eigenvalue weighted by molar-refractivity contribution is 5.99. The highest BCUT2D eigenvalue weighted by atomic mass is 16.2. The molecule has 138 valence electrons. The molecule has 0 radical (unpaired) electrons. The molecule has 0 aromatic carbocycles. The number of hydrogen-bond acceptors (Lipinski definition) is 4. The molecule has 2 N–H and O–H groups in total. The van der Waals surface area contributed by atoms with Gasteiger partial charge in [0.05, 0.1) is 0 Å². The lowest BCUT2D eigenvalue weighted by atomic mass is 9.97. The Labute approximate surface area is 150 Å². The van der Waals surface area contributed by atoms with E-state index in [4.69, 9.17) is 0 Å². The molecule has 1 aliphatic rings. The van der Waals surface area contributed by atoms with Crippen molar-refractivity contribution in [2.75, 3.05) is 18.4 Å². The van der Waals surface area contributed by atoms with Gasteiger partial charge in [-0.25, -0.2) is 4.98 Å². The molecule has 6 heteroatoms. The van der Waals surface area contributed by atoms with Gasteiger partial charge in [0, 0.05) is 25.2 Å². The van der Waals surface area contributed by atoms with Crippen LogP contribution in [0.25, 0.3) is 0 Å². The predicted molar refractivity (Wildman–Crippen MR) is 99.4 cm³/mol. The summed E-state index contributed by atoms with van der Waals surface area (Å²) in [6.45, 7) is 14.0. The number of rotatable bonds is 6. The van der Waals surface area contributed by atoms with Crippen LogP contribution in [0.2, 0.25) is 0 Å². The Morgan fingerprint density at radius 3 is 2.56 bits per heavy atom. The van der Waals surface area contributed by atoms with Crippen LogP contribution in [0.4, 0.5) is 5.82 Å². The van der Waals surface area contributed by atoms with E-state index in [0.717, 1.165) is 12.1 Å². The summed E-state index contributed by atoms with van der Waals surface area (Å²) in [6.07, 6.45) is 0. The summed E-state index contributed by atoms with van der Waals surface area (Å²) in [7, 11) is 0. The fourth-order valence-electron chi connectivity index (χ4n) is 2.55. The van der Waals surface area contributed by atoms with E-state index in [2.05, 4.69) is 50.2 Å². The lowest BCUT2D eigenvalue weighted by Gasteiger charge is -2.25. The van der Waals surface area contributed by atoms with Gasteiger partial charge in [-0.1, -0.05) is 40.7 Å². The summed E-state index contributed by atoms with van der Waals surface area (Å²) in [6, 6.07) is 3.29. The van der Waals surface area contributed by atoms with Crippen molar-refractivity contribution >= 4 is 17.6 Å². The Morgan fingerprint density at radius 2 is 1.96 bits per heavy atom. The van der Waals surface area contributed by atoms with Crippen molar-refractivity contribution in [1.82, 2.24) is 15.2 Å². The monoisotopic (exact) mass is 346 g/mol. The van der Waals surface area contributed by atoms with Gasteiger partial charge < -0.3 is 15.5 Å². The lowest BCUT2D eigenvalue weighted by Crippen LogP contribution is -2.47. The molecule has 2 rings (SSSR count). The zero-order chi connectivity index (χ0) is 18.8. The molecule has 0 fully saturated rings. The number of hydrogen-bond donors (Lipinski definition) is 2. The minimum absolute atomic E-state index is 0.00586. The quantitative estimate of drug-likeness (QED) is 0.830. The van der Waals surface area contributed by atoms with Crippen LogP contribution in [0.1, 0.15) is 57.6 Å². The van der Waals surface area contributed by atoms with Crippen molar-refractivity contribution in [1.29, 1.82) is 0 Å². The average Bonchev–Trinajstić information content (AvgIpc) is 2.86. The van der Waals surface area contributed by atoms with Gasteiger partial charge in [-0.3, -0.25) is 9.59 Å². The molecule has 2 amide bonds. The van der Waals surface area contributed by atoms with Gasteiger partial charge in [0.15, 0.2) is 0 Å². The van der Waals surface area contributed by atoms with Gasteiger partial charge in [0.25, 0.3) is 5.91 Å². The molecule has 1 atom stereocenters. The van der Waals surface area contributed by atoms with Crippen molar-refractivity contribution in [2.24, 2.45) is 11.3 Å². The van der Waals surface area contributed by atoms with Crippen LogP contribution in [0.5, 0.6) is 0 Å². The molecule has 2 heterocycles. The van der Waals surface area contributed by atoms with Crippen LogP contribution in [0.15, 0.2) is 12.1 Å². The summed E-state index contributed by atoms with van der Waals surface area (Å²) in [5.74, 6) is 0.886. The lowest BCUT2D eigenvalue weighted by molar-refractivity contribution is -0.125. The summed E-state index contributed by atoms with van der Waals surface area (Å²) < 4.78 is 0. The molecule has 1 aromatic heterocycles. The number of carbonyl (C=O) groups is 2. The molecular formula is C19H30N4O2. The number of pyridine rings is 1. The van der Waals surface area contributed by atoms with Gasteiger partial charge in [-0.15, -0.1) is 0 Å². The van der Waals surface area contributed by atoms with E-state index in [1.807, 2.05) is 12.1 Å². The third-order valence-corrected chi connectivity index (χ3v) is 4.11. The maximum absolute atomic E-state index is 12.7. The number of carbonyl (C=O) groups excluding carboxylic acids is 2. The van der Waals surface area contributed by atoms with E-state index in [0.29, 0.717) is 30.5 Å². The summed E-state index contributed by atoms with van der Waals surface area (Å²) in [4.78, 5) is 31.1. The highest BCUT2D eigenvalue weighted by Crippen LogP contribution is 2.25. The Hall–Kier alpha value is -2.11. The molecule has 0 bridgehead atoms. The molecule has 0 saturated heterocycles. The molecular weight excluding hydrogens is 316 g/mol. The Balaban J connectivity index is 2.05. The van der Waals surface area contributed by atoms with Crippen molar-refractivity contribution in [2.45, 2.75) is 54.1 Å². The second-order valence-electron chi connectivity index (χ2n) is 8.37. The van der Waals surface area contributed by atoms with Crippen LogP contribution in [-0.2, 0) is 11.3 Å². The number of aromatic nitrogens is 1. The van der Waals surface area contributed by atoms with Crippen molar-refractivity contribution in [3.63, 3.8) is 0 Å². The smallest absolute Gasteiger partial charge is 0.273 e. The van der Waals surface area contributed by atoms with Crippen molar-refractivity contribution < 1.29 is 9.59 Å². The first-order valence-electron chi connectivity index (χ1n) is 8.91. The number of nitrogens with zero attached hydrogens (tertiary/aromatic N) is 2. The van der Waals surface area contributed by atoms with Gasteiger partial charge in [0.1, 0.15) is 17.6 Å². The first-order valence-corrected chi connectivity index (χ1v) is 8.91. The Kier molecular flexibility index (Phi) is 5.70. The molecule has 1 aliphatic heterocycles. The SMILES string of the molecule is CC(C)CNc1ccc2c(n1)C(=O)N([C@H](C)C(=O)NCC(C)(C)C)C2. The third kappa shape index (κ3) is 4.94. The second kappa shape index (κ2) is 7.42. The number of nitrogens with one attached hydrogen (secondary N) is 2. The van der Waals surface area contributed by atoms with Gasteiger partial charge >= 0.3 is 0 Å². The van der Waals surface area contributed by atoms with Crippen LogP contribution >= 0.6 is 0 Å². The Morgan fingerprint density at radius 1 is 1.28 bits per heavy atom. The minimum Gasteiger partial charge on any atom is -0.370 e. The molecule has 0 spiro atoms. The van der Waals surface area contributed by atoms with Crippen molar-refractivity contribution in [3.05, 3.63) is 23.4 Å². The average molecular weight is 346 g/mol. The van der Waals surface area contributed by atoms with Gasteiger partial charge in [-0.2, -0.15) is 0 Å². The van der Waals surface area contributed by atoms with Crippen LogP contribution in [0.3, 0.4) is 0 Å². The first kappa shape index (κ1) is 19.2. The van der Waals surface area contributed by atoms with Crippen LogP contribution in [-0.4, -0.2) is 40.8 Å². The fraction of sp³-hybridized carbons (Fsp3) is 0.632. The standard InChI is InChI=1S/C19H30N4O2/c1-12(2)9-20-15-8-7-14-10-23(18(25)16(14)22-15)13(3)17(24)21-11-19(4,5)6/h7-8,12-13H,9-11H2,1-6H3,(H,20,22)(H,21,24)/t13-/m1/s1. The summed E-state index contributed by atoms with van der Waals surface area (Å²) in [5, 5.41) is 6.16. The second-order valence-corrected chi connectivity index (χ2v) is 8.37. The van der Waals surface area contributed by atoms with E-state index in [-0.39, 0.29) is 17.2 Å². The Bertz CT molecular complexity index is 649. The van der Waals surface area contributed by atoms with Gasteiger partial charge in [0.2, 0.25) is 5.91 Å².